The Hall–Kier alpha value is -2.61. The summed E-state index contributed by atoms with van der Waals surface area (Å²) in [5.74, 6) is 1.47. The lowest BCUT2D eigenvalue weighted by Gasteiger charge is -2.32. The molecule has 3 heterocycles. The minimum atomic E-state index is -0.000487. The maximum atomic E-state index is 13.2. The highest BCUT2D eigenvalue weighted by Gasteiger charge is 2.31. The number of hydrogen-bond acceptors (Lipinski definition) is 6. The van der Waals surface area contributed by atoms with E-state index in [0.29, 0.717) is 12.0 Å². The predicted octanol–water partition coefficient (Wildman–Crippen LogP) is 3.07. The molecule has 3 saturated heterocycles. The molecule has 1 amide bonds. The fourth-order valence-corrected chi connectivity index (χ4v) is 5.48. The molecule has 7 heteroatoms. The standard InChI is InChI=1S/C27H37N5O2/c1-34-25-12-8-20(9-13-25)22-17-28-27(29-18-22)30-23-10-6-21(7-11-23)26(33)32-16-4-5-24(32)19-31-14-2-3-15-31/h6-13,22,24,27-30H,2-5,14-19H2,1H3/t22?,24-,27?/m0/s1. The number of ether oxygens (including phenoxy) is 1. The molecular weight excluding hydrogens is 426 g/mol. The SMILES string of the molecule is COc1ccc(C2CNC(Nc3ccc(C(=O)N4CCC[C@H]4CN4CCCC4)cc3)NC2)cc1. The number of anilines is 1. The summed E-state index contributed by atoms with van der Waals surface area (Å²) < 4.78 is 5.26. The minimum Gasteiger partial charge on any atom is -0.497 e. The van der Waals surface area contributed by atoms with Gasteiger partial charge in [-0.15, -0.1) is 0 Å². The highest BCUT2D eigenvalue weighted by Crippen LogP contribution is 2.24. The summed E-state index contributed by atoms with van der Waals surface area (Å²) in [7, 11) is 1.69. The lowest BCUT2D eigenvalue weighted by atomic mass is 9.97. The van der Waals surface area contributed by atoms with Crippen LogP contribution >= 0.6 is 0 Å². The number of rotatable bonds is 7. The van der Waals surface area contributed by atoms with E-state index in [1.807, 2.05) is 36.4 Å². The Morgan fingerprint density at radius 1 is 0.971 bits per heavy atom. The molecule has 1 atom stereocenters. The molecule has 2 aromatic carbocycles. The molecule has 34 heavy (non-hydrogen) atoms. The van der Waals surface area contributed by atoms with Gasteiger partial charge in [-0.25, -0.2) is 0 Å². The van der Waals surface area contributed by atoms with E-state index in [4.69, 9.17) is 4.74 Å². The van der Waals surface area contributed by atoms with Crippen LogP contribution in [0.15, 0.2) is 48.5 Å². The van der Waals surface area contributed by atoms with E-state index in [9.17, 15) is 4.79 Å². The summed E-state index contributed by atoms with van der Waals surface area (Å²) in [5, 5.41) is 10.6. The van der Waals surface area contributed by atoms with E-state index in [0.717, 1.165) is 56.0 Å². The second-order valence-corrected chi connectivity index (χ2v) is 9.74. The number of benzene rings is 2. The van der Waals surface area contributed by atoms with Crippen LogP contribution in [0, 0.1) is 0 Å². The Bertz CT molecular complexity index is 934. The van der Waals surface area contributed by atoms with Crippen LogP contribution in [0.3, 0.4) is 0 Å². The molecule has 0 unspecified atom stereocenters. The summed E-state index contributed by atoms with van der Waals surface area (Å²) in [6, 6.07) is 16.6. The van der Waals surface area contributed by atoms with Crippen LogP contribution in [0.2, 0.25) is 0 Å². The van der Waals surface area contributed by atoms with Gasteiger partial charge in [-0.3, -0.25) is 15.4 Å². The van der Waals surface area contributed by atoms with Crippen molar-refractivity contribution in [2.75, 3.05) is 51.7 Å². The van der Waals surface area contributed by atoms with Gasteiger partial charge in [0.05, 0.1) is 7.11 Å². The maximum absolute atomic E-state index is 13.2. The van der Waals surface area contributed by atoms with Crippen molar-refractivity contribution in [3.05, 3.63) is 59.7 Å². The van der Waals surface area contributed by atoms with Crippen molar-refractivity contribution in [2.24, 2.45) is 0 Å². The fraction of sp³-hybridized carbons (Fsp3) is 0.519. The van der Waals surface area contributed by atoms with Crippen LogP contribution in [0.25, 0.3) is 0 Å². The topological polar surface area (TPSA) is 68.9 Å². The number of carbonyl (C=O) groups is 1. The van der Waals surface area contributed by atoms with Gasteiger partial charge in [0.15, 0.2) is 0 Å². The normalized spacial score (nSPS) is 25.4. The van der Waals surface area contributed by atoms with Crippen molar-refractivity contribution >= 4 is 11.6 Å². The molecule has 0 radical (unpaired) electrons. The van der Waals surface area contributed by atoms with Crippen LogP contribution in [0.1, 0.15) is 47.5 Å². The third-order valence-corrected chi connectivity index (χ3v) is 7.47. The quantitative estimate of drug-likeness (QED) is 0.587. The number of methoxy groups -OCH3 is 1. The first-order chi connectivity index (χ1) is 16.7. The molecule has 2 aromatic rings. The summed E-state index contributed by atoms with van der Waals surface area (Å²) in [6.45, 7) is 6.05. The number of likely N-dealkylation sites (tertiary alicyclic amines) is 2. The van der Waals surface area contributed by atoms with Gasteiger partial charge in [0.1, 0.15) is 12.0 Å². The third-order valence-electron chi connectivity index (χ3n) is 7.47. The second-order valence-electron chi connectivity index (χ2n) is 9.74. The molecule has 0 spiro atoms. The molecular formula is C27H37N5O2. The zero-order valence-corrected chi connectivity index (χ0v) is 20.1. The maximum Gasteiger partial charge on any atom is 0.254 e. The largest absolute Gasteiger partial charge is 0.497 e. The van der Waals surface area contributed by atoms with E-state index in [-0.39, 0.29) is 12.2 Å². The van der Waals surface area contributed by atoms with Crippen LogP contribution in [-0.4, -0.2) is 74.4 Å². The Labute approximate surface area is 202 Å². The Morgan fingerprint density at radius 2 is 1.68 bits per heavy atom. The molecule has 3 aliphatic rings. The molecule has 182 valence electrons. The molecule has 0 aliphatic carbocycles. The van der Waals surface area contributed by atoms with Crippen molar-refractivity contribution in [3.8, 4) is 5.75 Å². The van der Waals surface area contributed by atoms with E-state index in [1.54, 1.807) is 7.11 Å². The van der Waals surface area contributed by atoms with E-state index in [1.165, 1.54) is 31.5 Å². The smallest absolute Gasteiger partial charge is 0.254 e. The first-order valence-electron chi connectivity index (χ1n) is 12.7. The van der Waals surface area contributed by atoms with E-state index in [2.05, 4.69) is 37.9 Å². The molecule has 0 bridgehead atoms. The molecule has 3 fully saturated rings. The number of nitrogens with zero attached hydrogens (tertiary/aromatic N) is 2. The summed E-state index contributed by atoms with van der Waals surface area (Å²) in [5.41, 5.74) is 3.08. The van der Waals surface area contributed by atoms with Crippen LogP contribution in [0.4, 0.5) is 5.69 Å². The summed E-state index contributed by atoms with van der Waals surface area (Å²) >= 11 is 0. The average Bonchev–Trinajstić information content (AvgIpc) is 3.57. The lowest BCUT2D eigenvalue weighted by Crippen LogP contribution is -2.55. The first kappa shape index (κ1) is 23.1. The fourth-order valence-electron chi connectivity index (χ4n) is 5.48. The first-order valence-corrected chi connectivity index (χ1v) is 12.7. The van der Waals surface area contributed by atoms with Gasteiger partial charge in [-0.2, -0.15) is 0 Å². The van der Waals surface area contributed by atoms with Crippen LogP contribution in [0.5, 0.6) is 5.75 Å². The zero-order chi connectivity index (χ0) is 23.3. The van der Waals surface area contributed by atoms with Gasteiger partial charge in [0.25, 0.3) is 5.91 Å². The molecule has 3 N–H and O–H groups in total. The molecule has 0 saturated carbocycles. The minimum absolute atomic E-state index is 0.000487. The number of nitrogens with one attached hydrogen (secondary N) is 3. The Kier molecular flexibility index (Phi) is 7.33. The predicted molar refractivity (Wildman–Crippen MR) is 135 cm³/mol. The van der Waals surface area contributed by atoms with E-state index >= 15 is 0 Å². The van der Waals surface area contributed by atoms with E-state index < -0.39 is 0 Å². The van der Waals surface area contributed by atoms with Gasteiger partial charge in [-0.1, -0.05) is 12.1 Å². The van der Waals surface area contributed by atoms with Crippen LogP contribution < -0.4 is 20.7 Å². The van der Waals surface area contributed by atoms with Gasteiger partial charge >= 0.3 is 0 Å². The van der Waals surface area contributed by atoms with Crippen molar-refractivity contribution in [1.82, 2.24) is 20.4 Å². The molecule has 3 aliphatic heterocycles. The number of amides is 1. The molecule has 7 nitrogen and oxygen atoms in total. The zero-order valence-electron chi connectivity index (χ0n) is 20.1. The second kappa shape index (κ2) is 10.8. The van der Waals surface area contributed by atoms with Crippen molar-refractivity contribution < 1.29 is 9.53 Å². The highest BCUT2D eigenvalue weighted by atomic mass is 16.5. The van der Waals surface area contributed by atoms with Crippen molar-refractivity contribution in [1.29, 1.82) is 0 Å². The molecule has 5 rings (SSSR count). The Balaban J connectivity index is 1.12. The van der Waals surface area contributed by atoms with Crippen molar-refractivity contribution in [2.45, 2.75) is 43.9 Å². The summed E-state index contributed by atoms with van der Waals surface area (Å²) in [6.07, 6.45) is 4.82. The van der Waals surface area contributed by atoms with Gasteiger partial charge in [0, 0.05) is 49.4 Å². The monoisotopic (exact) mass is 463 g/mol. The highest BCUT2D eigenvalue weighted by molar-refractivity contribution is 5.95. The van der Waals surface area contributed by atoms with Gasteiger partial charge in [-0.05, 0) is 80.7 Å². The average molecular weight is 464 g/mol. The third kappa shape index (κ3) is 5.37. The summed E-state index contributed by atoms with van der Waals surface area (Å²) in [4.78, 5) is 17.8. The van der Waals surface area contributed by atoms with Crippen LogP contribution in [-0.2, 0) is 0 Å². The van der Waals surface area contributed by atoms with Gasteiger partial charge in [0.2, 0.25) is 0 Å². The van der Waals surface area contributed by atoms with Gasteiger partial charge < -0.3 is 19.9 Å². The lowest BCUT2D eigenvalue weighted by molar-refractivity contribution is 0.0709. The molecule has 0 aromatic heterocycles. The Morgan fingerprint density at radius 3 is 2.35 bits per heavy atom. The number of carbonyl (C=O) groups excluding carboxylic acids is 1. The van der Waals surface area contributed by atoms with Crippen molar-refractivity contribution in [3.63, 3.8) is 0 Å². The number of hydrogen-bond donors (Lipinski definition) is 3.